The highest BCUT2D eigenvalue weighted by Crippen LogP contribution is 2.23. The van der Waals surface area contributed by atoms with Gasteiger partial charge in [0.1, 0.15) is 42.3 Å². The Balaban J connectivity index is 1.05. The number of nitrogens with two attached hydrogens (primary N) is 2. The van der Waals surface area contributed by atoms with Gasteiger partial charge in [0.15, 0.2) is 0 Å². The molecular formula is C58H78N12O11. The molecule has 0 unspecified atom stereocenters. The van der Waals surface area contributed by atoms with Crippen LogP contribution in [0.3, 0.4) is 0 Å². The Morgan fingerprint density at radius 2 is 0.790 bits per heavy atom. The molecule has 3 aromatic carbocycles. The van der Waals surface area contributed by atoms with E-state index < -0.39 is 133 Å². The first-order chi connectivity index (χ1) is 38.7. The monoisotopic (exact) mass is 1120 g/mol. The summed E-state index contributed by atoms with van der Waals surface area (Å²) in [5.74, 6) is -7.48. The number of likely N-dealkylation sites (tertiary alicyclic amines) is 3. The van der Waals surface area contributed by atoms with E-state index in [1.807, 2.05) is 30.3 Å². The molecule has 0 radical (unpaired) electrons. The van der Waals surface area contributed by atoms with Crippen molar-refractivity contribution < 1.29 is 52.7 Å². The van der Waals surface area contributed by atoms with Crippen molar-refractivity contribution in [1.82, 2.24) is 51.9 Å². The molecule has 81 heavy (non-hydrogen) atoms. The molecule has 436 valence electrons. The molecule has 3 heterocycles. The zero-order valence-electron chi connectivity index (χ0n) is 46.5. The van der Waals surface area contributed by atoms with E-state index in [1.54, 1.807) is 88.4 Å². The van der Waals surface area contributed by atoms with E-state index in [2.05, 4.69) is 37.2 Å². The minimum Gasteiger partial charge on any atom is -0.368 e. The van der Waals surface area contributed by atoms with Crippen LogP contribution >= 0.6 is 0 Å². The summed E-state index contributed by atoms with van der Waals surface area (Å²) in [6, 6.07) is 19.0. The summed E-state index contributed by atoms with van der Waals surface area (Å²) in [5, 5.41) is 18.5. The van der Waals surface area contributed by atoms with Gasteiger partial charge in [0.2, 0.25) is 65.0 Å². The topological polar surface area (TPSA) is 334 Å². The van der Waals surface area contributed by atoms with Gasteiger partial charge in [-0.25, -0.2) is 0 Å². The summed E-state index contributed by atoms with van der Waals surface area (Å²) in [4.78, 5) is 153. The Kier molecular flexibility index (Phi) is 22.8. The molecule has 8 atom stereocenters. The van der Waals surface area contributed by atoms with Gasteiger partial charge in [0.25, 0.3) is 0 Å². The fraction of sp³-hybridized carbons (Fsp3) is 0.500. The fourth-order valence-electron chi connectivity index (χ4n) is 10.5. The summed E-state index contributed by atoms with van der Waals surface area (Å²) >= 11 is 0. The van der Waals surface area contributed by atoms with Gasteiger partial charge in [-0.15, -0.1) is 0 Å². The molecular weight excluding hydrogens is 1040 g/mol. The molecule has 3 aromatic rings. The maximum Gasteiger partial charge on any atom is 0.246 e. The number of nitrogens with one attached hydrogen (secondary N) is 7. The molecule has 0 spiro atoms. The molecule has 3 aliphatic heterocycles. The summed E-state index contributed by atoms with van der Waals surface area (Å²) in [7, 11) is 0. The predicted octanol–water partition coefficient (Wildman–Crippen LogP) is -0.900. The van der Waals surface area contributed by atoms with Crippen molar-refractivity contribution in [3.8, 4) is 0 Å². The number of hydrogen-bond acceptors (Lipinski definition) is 12. The van der Waals surface area contributed by atoms with Crippen LogP contribution < -0.4 is 48.7 Å². The smallest absolute Gasteiger partial charge is 0.246 e. The fourth-order valence-corrected chi connectivity index (χ4v) is 10.5. The number of carbonyl (C=O) groups is 11. The first-order valence-corrected chi connectivity index (χ1v) is 27.8. The third kappa shape index (κ3) is 17.6. The van der Waals surface area contributed by atoms with Crippen LogP contribution in [0.5, 0.6) is 0 Å². The number of primary amides is 1. The van der Waals surface area contributed by atoms with Crippen molar-refractivity contribution in [3.63, 3.8) is 0 Å². The van der Waals surface area contributed by atoms with Crippen LogP contribution in [0.15, 0.2) is 91.0 Å². The number of amides is 11. The molecule has 0 saturated carbocycles. The van der Waals surface area contributed by atoms with Crippen molar-refractivity contribution in [3.05, 3.63) is 108 Å². The second-order valence-electron chi connectivity index (χ2n) is 21.6. The maximum atomic E-state index is 14.6. The van der Waals surface area contributed by atoms with Gasteiger partial charge in [-0.1, -0.05) is 119 Å². The molecule has 23 nitrogen and oxygen atoms in total. The average Bonchev–Trinajstić information content (AvgIpc) is 4.37. The number of rotatable bonds is 26. The summed E-state index contributed by atoms with van der Waals surface area (Å²) in [6.45, 7) is 5.99. The largest absolute Gasteiger partial charge is 0.368 e. The molecule has 3 fully saturated rings. The van der Waals surface area contributed by atoms with E-state index in [1.165, 1.54) is 14.7 Å². The van der Waals surface area contributed by atoms with Gasteiger partial charge in [0.05, 0.1) is 25.7 Å². The minimum atomic E-state index is -1.20. The predicted molar refractivity (Wildman–Crippen MR) is 298 cm³/mol. The first kappa shape index (κ1) is 62.0. The zero-order chi connectivity index (χ0) is 58.8. The van der Waals surface area contributed by atoms with Crippen molar-refractivity contribution >= 4 is 65.0 Å². The quantitative estimate of drug-likeness (QED) is 0.0473. The van der Waals surface area contributed by atoms with Gasteiger partial charge in [-0.3, -0.25) is 52.7 Å². The van der Waals surface area contributed by atoms with Gasteiger partial charge in [-0.2, -0.15) is 0 Å². The SMILES string of the molecule is CC(C)[C@H](NC(=O)CNC(=O)[C@@H]1CCCN1C(=O)[C@H](Cc1ccccc1)NC(=O)CNC(=O)[C@@H]1CCCN1C(=O)[C@H](Cc1ccccc1)NC(=O)[C@@H](NC(=O)CNC(=O)[C@@H]1CCCN1C(=O)[C@@H](N)Cc1ccccc1)C(C)C)C(N)=O. The molecule has 0 bridgehead atoms. The van der Waals surface area contributed by atoms with Gasteiger partial charge in [-0.05, 0) is 73.5 Å². The van der Waals surface area contributed by atoms with E-state index in [-0.39, 0.29) is 50.6 Å². The minimum absolute atomic E-state index is 0.0282. The summed E-state index contributed by atoms with van der Waals surface area (Å²) in [5.41, 5.74) is 14.0. The molecule has 3 saturated heterocycles. The molecule has 0 aliphatic carbocycles. The van der Waals surface area contributed by atoms with E-state index >= 15 is 0 Å². The highest BCUT2D eigenvalue weighted by atomic mass is 16.2. The van der Waals surface area contributed by atoms with Crippen molar-refractivity contribution in [2.45, 2.75) is 134 Å². The summed E-state index contributed by atoms with van der Waals surface area (Å²) in [6.07, 6.45) is 2.76. The molecule has 6 rings (SSSR count). The Hall–Kier alpha value is -8.21. The van der Waals surface area contributed by atoms with Crippen LogP contribution in [-0.2, 0) is 72.0 Å². The van der Waals surface area contributed by atoms with Gasteiger partial charge >= 0.3 is 0 Å². The van der Waals surface area contributed by atoms with Crippen LogP contribution in [0, 0.1) is 11.8 Å². The number of carbonyl (C=O) groups excluding carboxylic acids is 11. The Bertz CT molecular complexity index is 2710. The highest BCUT2D eigenvalue weighted by Gasteiger charge is 2.41. The third-order valence-electron chi connectivity index (χ3n) is 14.8. The third-order valence-corrected chi connectivity index (χ3v) is 14.8. The molecule has 23 heteroatoms. The molecule has 11 N–H and O–H groups in total. The van der Waals surface area contributed by atoms with Crippen LogP contribution in [-0.4, -0.2) is 167 Å². The van der Waals surface area contributed by atoms with Gasteiger partial charge < -0.3 is 63.4 Å². The first-order valence-electron chi connectivity index (χ1n) is 27.8. The van der Waals surface area contributed by atoms with Crippen LogP contribution in [0.25, 0.3) is 0 Å². The van der Waals surface area contributed by atoms with Crippen molar-refractivity contribution in [2.24, 2.45) is 23.3 Å². The Morgan fingerprint density at radius 1 is 0.457 bits per heavy atom. The van der Waals surface area contributed by atoms with E-state index in [4.69, 9.17) is 11.5 Å². The lowest BCUT2D eigenvalue weighted by Gasteiger charge is -2.31. The van der Waals surface area contributed by atoms with Crippen molar-refractivity contribution in [2.75, 3.05) is 39.3 Å². The molecule has 11 amide bonds. The zero-order valence-corrected chi connectivity index (χ0v) is 46.5. The lowest BCUT2D eigenvalue weighted by Crippen LogP contribution is -2.59. The number of benzene rings is 3. The van der Waals surface area contributed by atoms with E-state index in [9.17, 15) is 52.7 Å². The van der Waals surface area contributed by atoms with Crippen LogP contribution in [0.2, 0.25) is 0 Å². The maximum absolute atomic E-state index is 14.6. The highest BCUT2D eigenvalue weighted by molar-refractivity contribution is 5.98. The molecule has 3 aliphatic rings. The Labute approximate surface area is 472 Å². The Morgan fingerprint density at radius 3 is 1.16 bits per heavy atom. The van der Waals surface area contributed by atoms with Crippen LogP contribution in [0.4, 0.5) is 0 Å². The lowest BCUT2D eigenvalue weighted by molar-refractivity contribution is -0.142. The van der Waals surface area contributed by atoms with Crippen LogP contribution in [0.1, 0.15) is 82.9 Å². The average molecular weight is 1120 g/mol. The normalized spacial score (nSPS) is 18.7. The number of nitrogens with zero attached hydrogens (tertiary/aromatic N) is 3. The lowest BCUT2D eigenvalue weighted by atomic mass is 10.0. The second kappa shape index (κ2) is 29.8. The number of hydrogen-bond donors (Lipinski definition) is 9. The standard InChI is InChI=1S/C58H78N12O11/c1-35(2)49(51(60)74)66-47(72)33-62-54(77)44-24-15-27-69(44)57(80)41(30-38-19-10-6-11-20-38)64-46(71)32-61-53(76)45-25-16-28-70(45)58(81)42(31-39-21-12-7-13-22-39)65-55(78)50(36(3)4)67-48(73)34-63-52(75)43-23-14-26-68(43)56(79)40(59)29-37-17-8-5-9-18-37/h5-13,17-22,35-36,40-45,49-50H,14-16,23-34,59H2,1-4H3,(H2,60,74)(H,61,76)(H,62,77)(H,63,75)(H,64,71)(H,65,78)(H,66,72)(H,67,73)/t40-,41-,42-,43-,44-,45-,49-,50-/m0/s1. The van der Waals surface area contributed by atoms with Crippen molar-refractivity contribution in [1.29, 1.82) is 0 Å². The molecule has 0 aromatic heterocycles. The van der Waals surface area contributed by atoms with E-state index in [0.717, 1.165) is 5.56 Å². The van der Waals surface area contributed by atoms with E-state index in [0.29, 0.717) is 49.8 Å². The van der Waals surface area contributed by atoms with Gasteiger partial charge in [0, 0.05) is 32.5 Å². The summed E-state index contributed by atoms with van der Waals surface area (Å²) < 4.78 is 0. The second-order valence-corrected chi connectivity index (χ2v) is 21.6.